The molecule has 1 aromatic carbocycles. The fourth-order valence-electron chi connectivity index (χ4n) is 2.26. The van der Waals surface area contributed by atoms with Gasteiger partial charge in [0.2, 0.25) is 0 Å². The lowest BCUT2D eigenvalue weighted by Gasteiger charge is -2.04. The molecule has 9 heteroatoms. The Morgan fingerprint density at radius 2 is 1.95 bits per heavy atom. The lowest BCUT2D eigenvalue weighted by molar-refractivity contribution is 1.02. The summed E-state index contributed by atoms with van der Waals surface area (Å²) in [5.74, 6) is 0. The number of halogens is 4. The van der Waals surface area contributed by atoms with Crippen molar-refractivity contribution in [2.75, 3.05) is 5.73 Å². The van der Waals surface area contributed by atoms with E-state index < -0.39 is 0 Å². The number of anilines is 1. The SMILES string of the molecule is Cl.Cl.NCc1[nH]c2c(Cl)c(Cl)cc(N)c2c1-c1cn[nH]c1. The minimum atomic E-state index is 0. The number of nitrogens with two attached hydrogens (primary N) is 2. The number of hydrogen-bond acceptors (Lipinski definition) is 3. The van der Waals surface area contributed by atoms with Crippen LogP contribution in [0.1, 0.15) is 5.69 Å². The van der Waals surface area contributed by atoms with E-state index in [0.717, 1.165) is 22.2 Å². The maximum atomic E-state index is 6.22. The first-order valence-corrected chi connectivity index (χ1v) is 6.36. The monoisotopic (exact) mass is 367 g/mol. The summed E-state index contributed by atoms with van der Waals surface area (Å²) in [7, 11) is 0. The van der Waals surface area contributed by atoms with Crippen LogP contribution >= 0.6 is 48.0 Å². The van der Waals surface area contributed by atoms with Gasteiger partial charge >= 0.3 is 0 Å². The molecule has 6 N–H and O–H groups in total. The number of nitrogen functional groups attached to an aromatic ring is 1. The molecule has 2 aromatic heterocycles. The minimum absolute atomic E-state index is 0. The smallest absolute Gasteiger partial charge is 0.0834 e. The zero-order valence-corrected chi connectivity index (χ0v) is 13.8. The molecular weight excluding hydrogens is 356 g/mol. The van der Waals surface area contributed by atoms with Gasteiger partial charge in [0.05, 0.1) is 21.8 Å². The van der Waals surface area contributed by atoms with Gasteiger partial charge < -0.3 is 16.5 Å². The molecule has 0 aliphatic carbocycles. The summed E-state index contributed by atoms with van der Waals surface area (Å²) in [6.07, 6.45) is 3.49. The highest BCUT2D eigenvalue weighted by Crippen LogP contribution is 2.41. The predicted molar refractivity (Wildman–Crippen MR) is 92.7 cm³/mol. The summed E-state index contributed by atoms with van der Waals surface area (Å²) < 4.78 is 0. The van der Waals surface area contributed by atoms with Crippen LogP contribution in [0, 0.1) is 0 Å². The van der Waals surface area contributed by atoms with Gasteiger partial charge in [-0.25, -0.2) is 0 Å². The molecule has 0 aliphatic rings. The Hall–Kier alpha value is -1.11. The molecule has 3 rings (SSSR count). The number of benzene rings is 1. The number of H-pyrrole nitrogens is 2. The van der Waals surface area contributed by atoms with Gasteiger partial charge in [0.1, 0.15) is 0 Å². The lowest BCUT2D eigenvalue weighted by Crippen LogP contribution is -1.98. The number of rotatable bonds is 2. The fraction of sp³-hybridized carbons (Fsp3) is 0.0833. The summed E-state index contributed by atoms with van der Waals surface area (Å²) in [4.78, 5) is 3.19. The second-order valence-electron chi connectivity index (χ2n) is 4.18. The van der Waals surface area contributed by atoms with E-state index in [2.05, 4.69) is 15.2 Å². The Balaban J connectivity index is 0.00000110. The third-order valence-corrected chi connectivity index (χ3v) is 3.86. The number of fused-ring (bicyclic) bond motifs is 1. The Labute approximate surface area is 143 Å². The molecule has 0 unspecified atom stereocenters. The normalized spacial score (nSPS) is 10.2. The first-order valence-electron chi connectivity index (χ1n) is 5.60. The van der Waals surface area contributed by atoms with Crippen LogP contribution in [0.15, 0.2) is 18.5 Å². The van der Waals surface area contributed by atoms with Gasteiger partial charge in [0, 0.05) is 40.6 Å². The Bertz CT molecular complexity index is 751. The highest BCUT2D eigenvalue weighted by molar-refractivity contribution is 6.46. The van der Waals surface area contributed by atoms with E-state index in [4.69, 9.17) is 34.7 Å². The van der Waals surface area contributed by atoms with E-state index in [9.17, 15) is 0 Å². The van der Waals surface area contributed by atoms with Crippen molar-refractivity contribution in [1.29, 1.82) is 0 Å². The van der Waals surface area contributed by atoms with Crippen LogP contribution in [0.3, 0.4) is 0 Å². The van der Waals surface area contributed by atoms with E-state index >= 15 is 0 Å². The van der Waals surface area contributed by atoms with Crippen LogP contribution in [0.5, 0.6) is 0 Å². The summed E-state index contributed by atoms with van der Waals surface area (Å²) in [5.41, 5.74) is 15.7. The van der Waals surface area contributed by atoms with E-state index in [1.165, 1.54) is 0 Å². The molecule has 5 nitrogen and oxygen atoms in total. The number of aromatic nitrogens is 3. The second-order valence-corrected chi connectivity index (χ2v) is 4.97. The van der Waals surface area contributed by atoms with Crippen LogP contribution in [-0.2, 0) is 6.54 Å². The van der Waals surface area contributed by atoms with Crippen molar-refractivity contribution < 1.29 is 0 Å². The molecule has 0 spiro atoms. The molecule has 21 heavy (non-hydrogen) atoms. The van der Waals surface area contributed by atoms with Crippen molar-refractivity contribution in [3.63, 3.8) is 0 Å². The molecular formula is C12H13Cl4N5. The van der Waals surface area contributed by atoms with Gasteiger partial charge in [-0.3, -0.25) is 5.10 Å². The van der Waals surface area contributed by atoms with E-state index in [1.54, 1.807) is 18.5 Å². The number of aromatic amines is 2. The van der Waals surface area contributed by atoms with Gasteiger partial charge in [-0.15, -0.1) is 24.8 Å². The van der Waals surface area contributed by atoms with E-state index in [-0.39, 0.29) is 24.8 Å². The molecule has 0 amide bonds. The summed E-state index contributed by atoms with van der Waals surface area (Å²) in [6, 6.07) is 1.64. The van der Waals surface area contributed by atoms with Gasteiger partial charge in [-0.05, 0) is 6.07 Å². The van der Waals surface area contributed by atoms with Gasteiger partial charge in [0.25, 0.3) is 0 Å². The topological polar surface area (TPSA) is 96.5 Å². The molecule has 3 aromatic rings. The minimum Gasteiger partial charge on any atom is -0.398 e. The first-order chi connectivity index (χ1) is 9.13. The zero-order chi connectivity index (χ0) is 13.6. The quantitative estimate of drug-likeness (QED) is 0.518. The first kappa shape index (κ1) is 17.9. The largest absolute Gasteiger partial charge is 0.398 e. The maximum absolute atomic E-state index is 6.22. The van der Waals surface area contributed by atoms with Crippen molar-refractivity contribution in [3.8, 4) is 11.1 Å². The fourth-order valence-corrected chi connectivity index (χ4v) is 2.66. The van der Waals surface area contributed by atoms with Crippen molar-refractivity contribution >= 4 is 64.6 Å². The second kappa shape index (κ2) is 6.77. The van der Waals surface area contributed by atoms with Crippen molar-refractivity contribution in [3.05, 3.63) is 34.2 Å². The molecule has 0 atom stereocenters. The highest BCUT2D eigenvalue weighted by atomic mass is 35.5. The predicted octanol–water partition coefficient (Wildman–Crippen LogP) is 3.75. The third kappa shape index (κ3) is 2.80. The Kier molecular flexibility index (Phi) is 5.78. The number of nitrogens with zero attached hydrogens (tertiary/aromatic N) is 1. The molecule has 0 saturated carbocycles. The Morgan fingerprint density at radius 1 is 1.24 bits per heavy atom. The van der Waals surface area contributed by atoms with Gasteiger partial charge in [-0.2, -0.15) is 5.10 Å². The maximum Gasteiger partial charge on any atom is 0.0834 e. The van der Waals surface area contributed by atoms with Crippen molar-refractivity contribution in [2.45, 2.75) is 6.54 Å². The van der Waals surface area contributed by atoms with Crippen LogP contribution in [0.2, 0.25) is 10.0 Å². The van der Waals surface area contributed by atoms with E-state index in [0.29, 0.717) is 27.8 Å². The van der Waals surface area contributed by atoms with Crippen molar-refractivity contribution in [1.82, 2.24) is 15.2 Å². The third-order valence-electron chi connectivity index (χ3n) is 3.07. The molecule has 114 valence electrons. The van der Waals surface area contributed by atoms with Crippen LogP contribution in [0.25, 0.3) is 22.0 Å². The van der Waals surface area contributed by atoms with Gasteiger partial charge in [-0.1, -0.05) is 23.2 Å². The van der Waals surface area contributed by atoms with Crippen LogP contribution < -0.4 is 11.5 Å². The molecule has 0 saturated heterocycles. The van der Waals surface area contributed by atoms with Crippen molar-refractivity contribution in [2.24, 2.45) is 5.73 Å². The number of nitrogens with one attached hydrogen (secondary N) is 2. The lowest BCUT2D eigenvalue weighted by atomic mass is 10.0. The Morgan fingerprint density at radius 3 is 2.52 bits per heavy atom. The van der Waals surface area contributed by atoms with Crippen LogP contribution in [0.4, 0.5) is 5.69 Å². The summed E-state index contributed by atoms with van der Waals surface area (Å²) in [6.45, 7) is 0.336. The average Bonchev–Trinajstić information content (AvgIpc) is 3.02. The van der Waals surface area contributed by atoms with Gasteiger partial charge in [0.15, 0.2) is 0 Å². The zero-order valence-electron chi connectivity index (χ0n) is 10.6. The number of hydrogen-bond donors (Lipinski definition) is 4. The van der Waals surface area contributed by atoms with E-state index in [1.807, 2.05) is 0 Å². The molecule has 0 fully saturated rings. The van der Waals surface area contributed by atoms with Crippen LogP contribution in [-0.4, -0.2) is 15.2 Å². The molecule has 0 radical (unpaired) electrons. The molecule has 0 aliphatic heterocycles. The standard InChI is InChI=1S/C12H11Cl2N5.2ClH/c13-6-1-7(16)10-9(5-3-17-18-4-5)8(2-15)19-12(10)11(6)14;;/h1,3-4,19H,2,15-16H2,(H,17,18);2*1H. The molecule has 0 bridgehead atoms. The highest BCUT2D eigenvalue weighted by Gasteiger charge is 2.19. The molecule has 2 heterocycles. The average molecular weight is 369 g/mol. The summed E-state index contributed by atoms with van der Waals surface area (Å²) in [5, 5.41) is 8.39. The summed E-state index contributed by atoms with van der Waals surface area (Å²) >= 11 is 12.3.